The van der Waals surface area contributed by atoms with Gasteiger partial charge in [-0.1, -0.05) is 44.2 Å². The fraction of sp³-hybridized carbons (Fsp3) is 0.333. The predicted molar refractivity (Wildman–Crippen MR) is 102 cm³/mol. The molecule has 5 nitrogen and oxygen atoms in total. The second kappa shape index (κ2) is 9.60. The van der Waals surface area contributed by atoms with Gasteiger partial charge in [-0.3, -0.25) is 9.59 Å². The number of likely N-dealkylation sites (N-methyl/N-ethyl adjacent to an activating group) is 1. The standard InChI is InChI=1S/C21H22F4N2O3/c1-13(2)18(26-19(28)15-9-5-6-10-16(15)22)20(29)27(3)12-14-8-4-7-11-17(14)30-21(23,24)25/h4-11,13,18H,12H2,1-3H3,(H,26,28). The Balaban J connectivity index is 2.16. The van der Waals surface area contributed by atoms with Crippen molar-refractivity contribution in [1.29, 1.82) is 0 Å². The minimum Gasteiger partial charge on any atom is -0.405 e. The first-order chi connectivity index (χ1) is 14.0. The van der Waals surface area contributed by atoms with E-state index in [1.165, 1.54) is 48.3 Å². The Morgan fingerprint density at radius 1 is 1.07 bits per heavy atom. The normalized spacial score (nSPS) is 12.4. The number of nitrogens with one attached hydrogen (secondary N) is 1. The van der Waals surface area contributed by atoms with E-state index in [1.807, 2.05) is 0 Å². The molecule has 0 heterocycles. The molecule has 2 amide bonds. The Morgan fingerprint density at radius 2 is 1.67 bits per heavy atom. The summed E-state index contributed by atoms with van der Waals surface area (Å²) in [4.78, 5) is 26.5. The van der Waals surface area contributed by atoms with Gasteiger partial charge in [-0.05, 0) is 24.1 Å². The minimum absolute atomic E-state index is 0.147. The number of rotatable bonds is 7. The third-order valence-corrected chi connectivity index (χ3v) is 4.32. The van der Waals surface area contributed by atoms with Gasteiger partial charge in [0.25, 0.3) is 5.91 Å². The first kappa shape index (κ1) is 23.2. The van der Waals surface area contributed by atoms with Crippen LogP contribution in [0.5, 0.6) is 5.75 Å². The quantitative estimate of drug-likeness (QED) is 0.677. The number of para-hydroxylation sites is 1. The summed E-state index contributed by atoms with van der Waals surface area (Å²) >= 11 is 0. The zero-order chi connectivity index (χ0) is 22.5. The van der Waals surface area contributed by atoms with E-state index in [-0.39, 0.29) is 23.6 Å². The number of ether oxygens (including phenoxy) is 1. The lowest BCUT2D eigenvalue weighted by Gasteiger charge is -2.27. The molecule has 9 heteroatoms. The van der Waals surface area contributed by atoms with Gasteiger partial charge in [0.2, 0.25) is 5.91 Å². The second-order valence-corrected chi connectivity index (χ2v) is 7.02. The van der Waals surface area contributed by atoms with E-state index in [4.69, 9.17) is 0 Å². The lowest BCUT2D eigenvalue weighted by Crippen LogP contribution is -2.50. The van der Waals surface area contributed by atoms with Gasteiger partial charge in [-0.2, -0.15) is 0 Å². The van der Waals surface area contributed by atoms with Gasteiger partial charge >= 0.3 is 6.36 Å². The van der Waals surface area contributed by atoms with Crippen molar-refractivity contribution in [3.8, 4) is 5.75 Å². The average molecular weight is 426 g/mol. The molecule has 0 aromatic heterocycles. The lowest BCUT2D eigenvalue weighted by atomic mass is 10.0. The van der Waals surface area contributed by atoms with Crippen LogP contribution in [0.1, 0.15) is 29.8 Å². The van der Waals surface area contributed by atoms with Crippen LogP contribution in [0.4, 0.5) is 17.6 Å². The Morgan fingerprint density at radius 3 is 2.27 bits per heavy atom. The monoisotopic (exact) mass is 426 g/mol. The van der Waals surface area contributed by atoms with Crippen LogP contribution in [0.15, 0.2) is 48.5 Å². The van der Waals surface area contributed by atoms with Crippen molar-refractivity contribution in [2.24, 2.45) is 5.92 Å². The Labute approximate surface area is 171 Å². The van der Waals surface area contributed by atoms with Gasteiger partial charge < -0.3 is 15.0 Å². The number of nitrogens with zero attached hydrogens (tertiary/aromatic N) is 1. The molecular formula is C21H22F4N2O3. The topological polar surface area (TPSA) is 58.6 Å². The van der Waals surface area contributed by atoms with Crippen molar-refractivity contribution in [3.63, 3.8) is 0 Å². The number of hydrogen-bond acceptors (Lipinski definition) is 3. The molecule has 1 atom stereocenters. The number of carbonyl (C=O) groups excluding carboxylic acids is 2. The Kier molecular flexibility index (Phi) is 7.42. The molecule has 0 saturated heterocycles. The molecule has 0 bridgehead atoms. The highest BCUT2D eigenvalue weighted by molar-refractivity contribution is 5.97. The molecule has 162 valence electrons. The van der Waals surface area contributed by atoms with E-state index >= 15 is 0 Å². The summed E-state index contributed by atoms with van der Waals surface area (Å²) in [6.45, 7) is 3.21. The van der Waals surface area contributed by atoms with Crippen LogP contribution in [-0.4, -0.2) is 36.2 Å². The first-order valence-electron chi connectivity index (χ1n) is 9.13. The third-order valence-electron chi connectivity index (χ3n) is 4.32. The number of halogens is 4. The number of alkyl halides is 3. The summed E-state index contributed by atoms with van der Waals surface area (Å²) in [7, 11) is 1.40. The zero-order valence-electron chi connectivity index (χ0n) is 16.7. The summed E-state index contributed by atoms with van der Waals surface area (Å²) in [6.07, 6.45) is -4.87. The van der Waals surface area contributed by atoms with Gasteiger partial charge in [0.05, 0.1) is 5.56 Å². The van der Waals surface area contributed by atoms with Gasteiger partial charge in [-0.15, -0.1) is 13.2 Å². The molecule has 0 aliphatic rings. The van der Waals surface area contributed by atoms with E-state index in [0.29, 0.717) is 0 Å². The number of hydrogen-bond donors (Lipinski definition) is 1. The second-order valence-electron chi connectivity index (χ2n) is 7.02. The molecule has 0 saturated carbocycles. The van der Waals surface area contributed by atoms with Crippen LogP contribution < -0.4 is 10.1 Å². The summed E-state index contributed by atoms with van der Waals surface area (Å²) in [5.74, 6) is -2.78. The van der Waals surface area contributed by atoms with Crippen molar-refractivity contribution in [3.05, 3.63) is 65.5 Å². The van der Waals surface area contributed by atoms with Crippen molar-refractivity contribution in [2.75, 3.05) is 7.05 Å². The molecule has 0 aliphatic heterocycles. The number of amides is 2. The van der Waals surface area contributed by atoms with Gasteiger partial charge in [-0.25, -0.2) is 4.39 Å². The highest BCUT2D eigenvalue weighted by Crippen LogP contribution is 2.27. The largest absolute Gasteiger partial charge is 0.573 e. The molecular weight excluding hydrogens is 404 g/mol. The first-order valence-corrected chi connectivity index (χ1v) is 9.13. The van der Waals surface area contributed by atoms with Gasteiger partial charge in [0.15, 0.2) is 0 Å². The molecule has 2 rings (SSSR count). The highest BCUT2D eigenvalue weighted by Gasteiger charge is 2.33. The van der Waals surface area contributed by atoms with Crippen LogP contribution in [-0.2, 0) is 11.3 Å². The maximum absolute atomic E-state index is 13.9. The summed E-state index contributed by atoms with van der Waals surface area (Å²) in [6, 6.07) is 9.83. The van der Waals surface area contributed by atoms with Crippen LogP contribution in [0.25, 0.3) is 0 Å². The number of benzene rings is 2. The van der Waals surface area contributed by atoms with E-state index in [2.05, 4.69) is 10.1 Å². The van der Waals surface area contributed by atoms with Gasteiger partial charge in [0, 0.05) is 19.2 Å². The average Bonchev–Trinajstić information content (AvgIpc) is 2.65. The summed E-state index contributed by atoms with van der Waals surface area (Å²) in [5, 5.41) is 2.51. The maximum Gasteiger partial charge on any atom is 0.573 e. The van der Waals surface area contributed by atoms with Crippen LogP contribution >= 0.6 is 0 Å². The van der Waals surface area contributed by atoms with E-state index in [0.717, 1.165) is 12.1 Å². The van der Waals surface area contributed by atoms with Crippen molar-refractivity contribution < 1.29 is 31.9 Å². The molecule has 0 radical (unpaired) electrons. The van der Waals surface area contributed by atoms with Crippen LogP contribution in [0, 0.1) is 11.7 Å². The minimum atomic E-state index is -4.87. The van der Waals surface area contributed by atoms with E-state index in [9.17, 15) is 27.2 Å². The van der Waals surface area contributed by atoms with Crippen molar-refractivity contribution in [1.82, 2.24) is 10.2 Å². The Bertz CT molecular complexity index is 900. The molecule has 2 aromatic rings. The highest BCUT2D eigenvalue weighted by atomic mass is 19.4. The van der Waals surface area contributed by atoms with Gasteiger partial charge in [0.1, 0.15) is 17.6 Å². The fourth-order valence-corrected chi connectivity index (χ4v) is 2.81. The predicted octanol–water partition coefficient (Wildman–Crippen LogP) is 4.14. The molecule has 30 heavy (non-hydrogen) atoms. The smallest absolute Gasteiger partial charge is 0.405 e. The molecule has 0 aliphatic carbocycles. The lowest BCUT2D eigenvalue weighted by molar-refractivity contribution is -0.275. The van der Waals surface area contributed by atoms with E-state index < -0.39 is 35.8 Å². The maximum atomic E-state index is 13.9. The Hall–Kier alpha value is -3.10. The summed E-state index contributed by atoms with van der Waals surface area (Å²) < 4.78 is 55.7. The number of carbonyl (C=O) groups is 2. The molecule has 1 N–H and O–H groups in total. The van der Waals surface area contributed by atoms with Crippen LogP contribution in [0.3, 0.4) is 0 Å². The molecule has 1 unspecified atom stereocenters. The third kappa shape index (κ3) is 6.20. The van der Waals surface area contributed by atoms with E-state index in [1.54, 1.807) is 13.8 Å². The summed E-state index contributed by atoms with van der Waals surface area (Å²) in [5.41, 5.74) is -0.0591. The fourth-order valence-electron chi connectivity index (χ4n) is 2.81. The molecule has 0 fully saturated rings. The SMILES string of the molecule is CC(C)C(NC(=O)c1ccccc1F)C(=O)N(C)Cc1ccccc1OC(F)(F)F. The zero-order valence-corrected chi connectivity index (χ0v) is 16.7. The van der Waals surface area contributed by atoms with Crippen LogP contribution in [0.2, 0.25) is 0 Å². The molecule has 0 spiro atoms. The molecule has 2 aromatic carbocycles. The van der Waals surface area contributed by atoms with Crippen molar-refractivity contribution >= 4 is 11.8 Å². The van der Waals surface area contributed by atoms with Crippen molar-refractivity contribution in [2.45, 2.75) is 32.8 Å².